The van der Waals surface area contributed by atoms with Crippen LogP contribution >= 0.6 is 62.2 Å². The van der Waals surface area contributed by atoms with E-state index in [1.54, 1.807) is 18.2 Å². The number of benzene rings is 2. The lowest BCUT2D eigenvalue weighted by molar-refractivity contribution is -0.139. The number of likely N-dealkylation sites (tertiary alicyclic amines) is 1. The summed E-state index contributed by atoms with van der Waals surface area (Å²) in [5.74, 6) is -0.411. The largest absolute Gasteiger partial charge is 0.488 e. The minimum Gasteiger partial charge on any atom is -0.488 e. The van der Waals surface area contributed by atoms with Gasteiger partial charge in [-0.2, -0.15) is 13.2 Å². The van der Waals surface area contributed by atoms with Crippen molar-refractivity contribution >= 4 is 77.9 Å². The van der Waals surface area contributed by atoms with Gasteiger partial charge in [0, 0.05) is 28.5 Å². The summed E-state index contributed by atoms with van der Waals surface area (Å²) in [6.45, 7) is 1.18. The fourth-order valence-corrected chi connectivity index (χ4v) is 8.56. The quantitative estimate of drug-likeness (QED) is 0.279. The van der Waals surface area contributed by atoms with Gasteiger partial charge in [-0.1, -0.05) is 35.0 Å². The molecule has 1 fully saturated rings. The molecule has 1 N–H and O–H groups in total. The summed E-state index contributed by atoms with van der Waals surface area (Å²) >= 11 is 17.7. The molecule has 1 aliphatic rings. The SMILES string of the molecule is CN1CC[C@@H](Oc2cc(NS(=O)(=O)c3cc(Br)c(Sc4ccc(Cl)c(Cl)c4)s3)ccc2C(F)(F)F)C1. The van der Waals surface area contributed by atoms with Crippen LogP contribution in [0.5, 0.6) is 5.75 Å². The number of nitrogens with one attached hydrogen (secondary N) is 1. The highest BCUT2D eigenvalue weighted by Gasteiger charge is 2.36. The van der Waals surface area contributed by atoms with Crippen LogP contribution in [0.3, 0.4) is 0 Å². The van der Waals surface area contributed by atoms with Gasteiger partial charge in [-0.15, -0.1) is 11.3 Å². The Hall–Kier alpha value is -1.15. The fraction of sp³-hybridized carbons (Fsp3) is 0.273. The molecule has 2 heterocycles. The van der Waals surface area contributed by atoms with Crippen molar-refractivity contribution in [2.24, 2.45) is 0 Å². The lowest BCUT2D eigenvalue weighted by Crippen LogP contribution is -2.23. The summed E-state index contributed by atoms with van der Waals surface area (Å²) in [6, 6.07) is 9.46. The fourth-order valence-electron chi connectivity index (χ4n) is 3.47. The van der Waals surface area contributed by atoms with Crippen LogP contribution < -0.4 is 9.46 Å². The standard InChI is InChI=1S/C22H18BrCl2F3N2O3S3/c1-30-7-6-13(11-30)33-19-8-12(2-4-15(19)22(26,27)28)29-36(31,32)20-10-16(23)21(35-20)34-14-3-5-17(24)18(25)9-14/h2-5,8-10,13,29H,6-7,11H2,1H3/t13-/m1/s1. The smallest absolute Gasteiger partial charge is 0.419 e. The Kier molecular flexibility index (Phi) is 8.45. The predicted molar refractivity (Wildman–Crippen MR) is 141 cm³/mol. The zero-order valence-electron chi connectivity index (χ0n) is 18.4. The number of ether oxygens (including phenoxy) is 1. The molecule has 1 saturated heterocycles. The number of anilines is 1. The van der Waals surface area contributed by atoms with E-state index in [2.05, 4.69) is 20.7 Å². The van der Waals surface area contributed by atoms with E-state index in [1.165, 1.54) is 17.8 Å². The topological polar surface area (TPSA) is 58.6 Å². The Morgan fingerprint density at radius 3 is 2.56 bits per heavy atom. The van der Waals surface area contributed by atoms with Crippen molar-refractivity contribution < 1.29 is 26.3 Å². The number of rotatable bonds is 7. The van der Waals surface area contributed by atoms with Crippen LogP contribution in [0, 0.1) is 0 Å². The molecule has 0 saturated carbocycles. The van der Waals surface area contributed by atoms with Crippen LogP contribution in [0.2, 0.25) is 10.0 Å². The summed E-state index contributed by atoms with van der Waals surface area (Å²) in [5, 5.41) is 0.770. The van der Waals surface area contributed by atoms with E-state index in [0.29, 0.717) is 38.2 Å². The minimum atomic E-state index is -4.65. The molecule has 2 aromatic carbocycles. The Morgan fingerprint density at radius 2 is 1.92 bits per heavy atom. The first-order valence-electron chi connectivity index (χ1n) is 10.3. The summed E-state index contributed by atoms with van der Waals surface area (Å²) in [6.07, 6.45) is -4.49. The molecule has 4 rings (SSSR count). The molecule has 1 atom stereocenters. The highest BCUT2D eigenvalue weighted by molar-refractivity contribution is 9.10. The van der Waals surface area contributed by atoms with Gasteiger partial charge in [0.15, 0.2) is 0 Å². The van der Waals surface area contributed by atoms with Crippen molar-refractivity contribution in [2.75, 3.05) is 24.9 Å². The number of sulfonamides is 1. The molecule has 0 unspecified atom stereocenters. The van der Waals surface area contributed by atoms with E-state index in [0.717, 1.165) is 34.4 Å². The number of hydrogen-bond donors (Lipinski definition) is 1. The molecule has 0 bridgehead atoms. The molecule has 1 aliphatic heterocycles. The molecule has 0 amide bonds. The average Bonchev–Trinajstić information content (AvgIpc) is 3.35. The van der Waals surface area contributed by atoms with Gasteiger partial charge >= 0.3 is 6.18 Å². The lowest BCUT2D eigenvalue weighted by Gasteiger charge is -2.19. The molecule has 3 aromatic rings. The molecule has 0 spiro atoms. The molecule has 0 radical (unpaired) electrons. The first-order valence-corrected chi connectivity index (χ1v) is 15.0. The molecule has 5 nitrogen and oxygen atoms in total. The van der Waals surface area contributed by atoms with Gasteiger partial charge in [-0.05, 0) is 65.8 Å². The van der Waals surface area contributed by atoms with Gasteiger partial charge in [-0.3, -0.25) is 4.72 Å². The Balaban J connectivity index is 1.57. The maximum Gasteiger partial charge on any atom is 0.419 e. The normalized spacial score (nSPS) is 16.9. The van der Waals surface area contributed by atoms with Crippen molar-refractivity contribution in [1.29, 1.82) is 0 Å². The summed E-state index contributed by atoms with van der Waals surface area (Å²) in [4.78, 5) is 2.71. The van der Waals surface area contributed by atoms with Gasteiger partial charge in [0.05, 0.1) is 25.5 Å². The van der Waals surface area contributed by atoms with Crippen molar-refractivity contribution in [2.45, 2.75) is 32.0 Å². The summed E-state index contributed by atoms with van der Waals surface area (Å²) < 4.78 is 76.0. The van der Waals surface area contributed by atoms with Crippen molar-refractivity contribution in [3.63, 3.8) is 0 Å². The molecule has 1 aromatic heterocycles. The third-order valence-corrected chi connectivity index (χ3v) is 11.2. The summed E-state index contributed by atoms with van der Waals surface area (Å²) in [7, 11) is -2.24. The maximum absolute atomic E-state index is 13.6. The molecular formula is C22H18BrCl2F3N2O3S3. The van der Waals surface area contributed by atoms with E-state index in [4.69, 9.17) is 27.9 Å². The van der Waals surface area contributed by atoms with Gasteiger partial charge in [-0.25, -0.2) is 8.42 Å². The first kappa shape index (κ1) is 27.9. The van der Waals surface area contributed by atoms with Crippen LogP contribution in [-0.2, 0) is 16.2 Å². The highest BCUT2D eigenvalue weighted by Crippen LogP contribution is 2.43. The summed E-state index contributed by atoms with van der Waals surface area (Å²) in [5.41, 5.74) is -0.994. The minimum absolute atomic E-state index is 0.0169. The van der Waals surface area contributed by atoms with E-state index in [1.807, 2.05) is 11.9 Å². The highest BCUT2D eigenvalue weighted by atomic mass is 79.9. The van der Waals surface area contributed by atoms with Crippen LogP contribution in [0.1, 0.15) is 12.0 Å². The monoisotopic (exact) mass is 660 g/mol. The van der Waals surface area contributed by atoms with Gasteiger partial charge < -0.3 is 9.64 Å². The van der Waals surface area contributed by atoms with Gasteiger partial charge in [0.2, 0.25) is 0 Å². The second-order valence-electron chi connectivity index (χ2n) is 7.98. The Labute approximate surface area is 233 Å². The van der Waals surface area contributed by atoms with Crippen LogP contribution in [0.4, 0.5) is 18.9 Å². The molecule has 0 aliphatic carbocycles. The Bertz CT molecular complexity index is 1390. The lowest BCUT2D eigenvalue weighted by atomic mass is 10.1. The molecule has 36 heavy (non-hydrogen) atoms. The third-order valence-electron chi connectivity index (χ3n) is 5.18. The van der Waals surface area contributed by atoms with E-state index >= 15 is 0 Å². The van der Waals surface area contributed by atoms with E-state index < -0.39 is 33.6 Å². The predicted octanol–water partition coefficient (Wildman–Crippen LogP) is 7.87. The second kappa shape index (κ2) is 10.9. The van der Waals surface area contributed by atoms with Gasteiger partial charge in [0.1, 0.15) is 16.1 Å². The van der Waals surface area contributed by atoms with E-state index in [-0.39, 0.29) is 9.90 Å². The number of thiophene rings is 1. The van der Waals surface area contributed by atoms with Gasteiger partial charge in [0.25, 0.3) is 10.0 Å². The molecule has 194 valence electrons. The number of halogens is 6. The molecular weight excluding hydrogens is 644 g/mol. The second-order valence-corrected chi connectivity index (χ2v) is 14.0. The third kappa shape index (κ3) is 6.64. The molecule has 14 heteroatoms. The number of nitrogens with zero attached hydrogens (tertiary/aromatic N) is 1. The zero-order valence-corrected chi connectivity index (χ0v) is 24.0. The average molecular weight is 662 g/mol. The van der Waals surface area contributed by atoms with Crippen LogP contribution in [0.15, 0.2) is 60.3 Å². The maximum atomic E-state index is 13.6. The van der Waals surface area contributed by atoms with E-state index in [9.17, 15) is 21.6 Å². The zero-order chi connectivity index (χ0) is 26.3. The number of alkyl halides is 3. The number of likely N-dealkylation sites (N-methyl/N-ethyl adjacent to an activating group) is 1. The van der Waals surface area contributed by atoms with Crippen molar-refractivity contribution in [1.82, 2.24) is 4.90 Å². The number of hydrogen-bond acceptors (Lipinski definition) is 6. The van der Waals surface area contributed by atoms with Crippen LogP contribution in [-0.4, -0.2) is 39.6 Å². The van der Waals surface area contributed by atoms with Crippen molar-refractivity contribution in [3.05, 3.63) is 62.5 Å². The Morgan fingerprint density at radius 1 is 1.17 bits per heavy atom. The van der Waals surface area contributed by atoms with Crippen molar-refractivity contribution in [3.8, 4) is 5.75 Å². The van der Waals surface area contributed by atoms with Crippen LogP contribution in [0.25, 0.3) is 0 Å². The first-order chi connectivity index (χ1) is 16.8.